The zero-order chi connectivity index (χ0) is 17.2. The fourth-order valence-electron chi connectivity index (χ4n) is 2.85. The minimum Gasteiger partial charge on any atom is -0.335 e. The third-order valence-electron chi connectivity index (χ3n) is 4.20. The van der Waals surface area contributed by atoms with Crippen molar-refractivity contribution in [2.75, 3.05) is 18.4 Å². The molecule has 3 rings (SSSR count). The fourth-order valence-corrected chi connectivity index (χ4v) is 4.21. The number of aromatic nitrogens is 2. The summed E-state index contributed by atoms with van der Waals surface area (Å²) < 4.78 is 26.2. The van der Waals surface area contributed by atoms with Crippen molar-refractivity contribution in [1.82, 2.24) is 14.3 Å². The molecule has 2 heterocycles. The first-order valence-corrected chi connectivity index (χ1v) is 9.27. The quantitative estimate of drug-likeness (QED) is 0.880. The van der Waals surface area contributed by atoms with Gasteiger partial charge in [0.05, 0.1) is 12.5 Å². The summed E-state index contributed by atoms with van der Waals surface area (Å²) in [5.41, 5.74) is 1.85. The lowest BCUT2D eigenvalue weighted by molar-refractivity contribution is -0.120. The van der Waals surface area contributed by atoms with Crippen LogP contribution >= 0.6 is 0 Å². The smallest absolute Gasteiger partial charge is 0.260 e. The molecule has 0 aliphatic carbocycles. The Morgan fingerprint density at radius 2 is 2.08 bits per heavy atom. The summed E-state index contributed by atoms with van der Waals surface area (Å²) in [5, 5.41) is 3.00. The Kier molecular flexibility index (Phi) is 4.68. The molecule has 0 atom stereocenters. The minimum absolute atomic E-state index is 0.0563. The Labute approximate surface area is 141 Å². The van der Waals surface area contributed by atoms with E-state index in [4.69, 9.17) is 0 Å². The van der Waals surface area contributed by atoms with Gasteiger partial charge in [0, 0.05) is 24.7 Å². The molecule has 1 aromatic carbocycles. The van der Waals surface area contributed by atoms with Crippen molar-refractivity contribution in [3.05, 3.63) is 42.4 Å². The van der Waals surface area contributed by atoms with Gasteiger partial charge in [-0.25, -0.2) is 13.4 Å². The van der Waals surface area contributed by atoms with Gasteiger partial charge < -0.3 is 10.3 Å². The summed E-state index contributed by atoms with van der Waals surface area (Å²) in [6, 6.07) is 7.62. The maximum Gasteiger partial charge on any atom is 0.260 e. The van der Waals surface area contributed by atoms with E-state index >= 15 is 0 Å². The van der Waals surface area contributed by atoms with Gasteiger partial charge in [-0.15, -0.1) is 0 Å². The number of H-pyrrole nitrogens is 1. The van der Waals surface area contributed by atoms with Crippen LogP contribution in [0.4, 0.5) is 5.69 Å². The molecule has 8 heteroatoms. The van der Waals surface area contributed by atoms with E-state index in [0.29, 0.717) is 25.9 Å². The molecule has 1 aliphatic rings. The van der Waals surface area contributed by atoms with Crippen LogP contribution in [0.5, 0.6) is 0 Å². The number of nitrogens with zero attached hydrogens (tertiary/aromatic N) is 2. The van der Waals surface area contributed by atoms with E-state index in [1.807, 2.05) is 31.2 Å². The highest BCUT2D eigenvalue weighted by Gasteiger charge is 2.32. The van der Waals surface area contributed by atoms with Gasteiger partial charge in [0.15, 0.2) is 5.03 Å². The topological polar surface area (TPSA) is 95.2 Å². The van der Waals surface area contributed by atoms with Crippen molar-refractivity contribution in [3.63, 3.8) is 0 Å². The van der Waals surface area contributed by atoms with Crippen LogP contribution in [0.3, 0.4) is 0 Å². The molecule has 1 fully saturated rings. The van der Waals surface area contributed by atoms with E-state index in [2.05, 4.69) is 15.3 Å². The molecule has 0 unspecified atom stereocenters. The van der Waals surface area contributed by atoms with Crippen molar-refractivity contribution < 1.29 is 13.2 Å². The van der Waals surface area contributed by atoms with Gasteiger partial charge in [0.1, 0.15) is 0 Å². The van der Waals surface area contributed by atoms with Crippen molar-refractivity contribution in [2.24, 2.45) is 5.92 Å². The molecule has 1 amide bonds. The highest BCUT2D eigenvalue weighted by molar-refractivity contribution is 7.89. The fraction of sp³-hybridized carbons (Fsp3) is 0.375. The van der Waals surface area contributed by atoms with E-state index in [1.54, 1.807) is 0 Å². The molecule has 2 N–H and O–H groups in total. The number of carbonyl (C=O) groups is 1. The molecule has 0 bridgehead atoms. The van der Waals surface area contributed by atoms with Gasteiger partial charge in [0.2, 0.25) is 5.91 Å². The number of benzene rings is 1. The average molecular weight is 348 g/mol. The van der Waals surface area contributed by atoms with E-state index in [1.165, 1.54) is 16.8 Å². The van der Waals surface area contributed by atoms with E-state index in [0.717, 1.165) is 11.3 Å². The van der Waals surface area contributed by atoms with Crippen LogP contribution in [-0.2, 0) is 14.8 Å². The lowest BCUT2D eigenvalue weighted by Gasteiger charge is -2.30. The summed E-state index contributed by atoms with van der Waals surface area (Å²) in [6.07, 6.45) is 3.65. The first kappa shape index (κ1) is 16.7. The minimum atomic E-state index is -3.55. The van der Waals surface area contributed by atoms with Crippen molar-refractivity contribution >= 4 is 21.6 Å². The number of amides is 1. The SMILES string of the molecule is Cc1cccc(NC(=O)C2CCN(S(=O)(=O)c3cnc[nH]3)CC2)c1. The number of sulfonamides is 1. The molecule has 0 saturated carbocycles. The Hall–Kier alpha value is -2.19. The van der Waals surface area contributed by atoms with Gasteiger partial charge in [-0.1, -0.05) is 12.1 Å². The van der Waals surface area contributed by atoms with Crippen LogP contribution < -0.4 is 5.32 Å². The predicted molar refractivity (Wildman–Crippen MR) is 89.9 cm³/mol. The number of aromatic amines is 1. The molecule has 2 aromatic rings. The third-order valence-corrected chi connectivity index (χ3v) is 6.03. The molecular weight excluding hydrogens is 328 g/mol. The third kappa shape index (κ3) is 3.49. The number of piperidine rings is 1. The van der Waals surface area contributed by atoms with Gasteiger partial charge in [0.25, 0.3) is 10.0 Å². The monoisotopic (exact) mass is 348 g/mol. The lowest BCUT2D eigenvalue weighted by atomic mass is 9.97. The maximum atomic E-state index is 12.4. The second-order valence-electron chi connectivity index (χ2n) is 5.95. The Morgan fingerprint density at radius 3 is 2.71 bits per heavy atom. The summed E-state index contributed by atoms with van der Waals surface area (Å²) in [7, 11) is -3.55. The molecule has 1 aliphatic heterocycles. The second kappa shape index (κ2) is 6.74. The largest absolute Gasteiger partial charge is 0.335 e. The molecule has 0 radical (unpaired) electrons. The Bertz CT molecular complexity index is 810. The number of rotatable bonds is 4. The zero-order valence-corrected chi connectivity index (χ0v) is 14.2. The first-order valence-electron chi connectivity index (χ1n) is 7.83. The van der Waals surface area contributed by atoms with Gasteiger partial charge in [-0.05, 0) is 37.5 Å². The van der Waals surface area contributed by atoms with Crippen molar-refractivity contribution in [2.45, 2.75) is 24.8 Å². The maximum absolute atomic E-state index is 12.4. The van der Waals surface area contributed by atoms with E-state index in [-0.39, 0.29) is 16.9 Å². The zero-order valence-electron chi connectivity index (χ0n) is 13.4. The molecular formula is C16H20N4O3S. The molecule has 1 aromatic heterocycles. The number of hydrogen-bond acceptors (Lipinski definition) is 4. The Balaban J connectivity index is 1.60. The van der Waals surface area contributed by atoms with E-state index in [9.17, 15) is 13.2 Å². The number of carbonyl (C=O) groups excluding carboxylic acids is 1. The summed E-state index contributed by atoms with van der Waals surface area (Å²) in [5.74, 6) is -0.238. The highest BCUT2D eigenvalue weighted by Crippen LogP contribution is 2.24. The number of imidazole rings is 1. The molecule has 7 nitrogen and oxygen atoms in total. The average Bonchev–Trinajstić information content (AvgIpc) is 3.10. The van der Waals surface area contributed by atoms with Crippen molar-refractivity contribution in [1.29, 1.82) is 0 Å². The van der Waals surface area contributed by atoms with Crippen LogP contribution in [-0.4, -0.2) is 41.7 Å². The predicted octanol–water partition coefficient (Wildman–Crippen LogP) is 1.76. The molecule has 24 heavy (non-hydrogen) atoms. The van der Waals surface area contributed by atoms with Crippen LogP contribution in [0.1, 0.15) is 18.4 Å². The molecule has 0 spiro atoms. The van der Waals surface area contributed by atoms with Crippen LogP contribution in [0.25, 0.3) is 0 Å². The van der Waals surface area contributed by atoms with Crippen LogP contribution in [0.15, 0.2) is 41.8 Å². The second-order valence-corrected chi connectivity index (χ2v) is 7.86. The number of nitrogens with one attached hydrogen (secondary N) is 2. The summed E-state index contributed by atoms with van der Waals surface area (Å²) in [4.78, 5) is 18.8. The first-order chi connectivity index (χ1) is 11.5. The molecule has 1 saturated heterocycles. The number of anilines is 1. The van der Waals surface area contributed by atoms with Crippen LogP contribution in [0, 0.1) is 12.8 Å². The van der Waals surface area contributed by atoms with Gasteiger partial charge in [-0.3, -0.25) is 4.79 Å². The normalized spacial score (nSPS) is 16.9. The van der Waals surface area contributed by atoms with Crippen LogP contribution in [0.2, 0.25) is 0 Å². The highest BCUT2D eigenvalue weighted by atomic mass is 32.2. The molecule has 128 valence electrons. The lowest BCUT2D eigenvalue weighted by Crippen LogP contribution is -2.41. The number of hydrogen-bond donors (Lipinski definition) is 2. The van der Waals surface area contributed by atoms with Gasteiger partial charge in [-0.2, -0.15) is 4.31 Å². The summed E-state index contributed by atoms with van der Waals surface area (Å²) >= 11 is 0. The van der Waals surface area contributed by atoms with E-state index < -0.39 is 10.0 Å². The summed E-state index contributed by atoms with van der Waals surface area (Å²) in [6.45, 7) is 2.62. The van der Waals surface area contributed by atoms with Crippen molar-refractivity contribution in [3.8, 4) is 0 Å². The Morgan fingerprint density at radius 1 is 1.33 bits per heavy atom. The standard InChI is InChI=1S/C16H20N4O3S/c1-12-3-2-4-14(9-12)19-16(21)13-5-7-20(8-6-13)24(22,23)15-10-17-11-18-15/h2-4,9-11,13H,5-8H2,1H3,(H,17,18)(H,19,21). The number of aryl methyl sites for hydroxylation is 1. The van der Waals surface area contributed by atoms with Gasteiger partial charge >= 0.3 is 0 Å².